The number of carbonyl (C=O) groups is 3. The Morgan fingerprint density at radius 3 is 2.19 bits per heavy atom. The molecule has 224 valence electrons. The van der Waals surface area contributed by atoms with E-state index in [9.17, 15) is 14.4 Å². The minimum Gasteiger partial charge on any atom is -0.491 e. The minimum absolute atomic E-state index is 0. The first-order chi connectivity index (χ1) is 20.4. The van der Waals surface area contributed by atoms with E-state index in [0.717, 1.165) is 16.5 Å². The summed E-state index contributed by atoms with van der Waals surface area (Å²) in [6.07, 6.45) is 1.59. The Labute approximate surface area is 257 Å². The number of hydrogen-bond donors (Lipinski definition) is 2. The van der Waals surface area contributed by atoms with Crippen molar-refractivity contribution >= 4 is 41.0 Å². The standard InChI is InChI=1S/C34H34N2O6.ClH/c1-2-19-40-31(37)21-29(34(39)42-22-25-13-7-4-8-14-25)36-33(38)32-28-16-10-9-15-26(28)17-18-30(32)41-23-27(35)20-24-11-5-3-6-12-24;/h2-18,27,29H,1,19-23,35H2,(H,36,38);1H/t27-,29+;/m1./s1. The van der Waals surface area contributed by atoms with Gasteiger partial charge in [0, 0.05) is 6.04 Å². The molecule has 0 radical (unpaired) electrons. The second kappa shape index (κ2) is 16.7. The average Bonchev–Trinajstić information content (AvgIpc) is 3.01. The zero-order valence-corrected chi connectivity index (χ0v) is 24.5. The smallest absolute Gasteiger partial charge is 0.329 e. The predicted molar refractivity (Wildman–Crippen MR) is 168 cm³/mol. The predicted octanol–water partition coefficient (Wildman–Crippen LogP) is 5.17. The van der Waals surface area contributed by atoms with E-state index in [1.807, 2.05) is 72.8 Å². The summed E-state index contributed by atoms with van der Waals surface area (Å²) in [6, 6.07) is 28.2. The van der Waals surface area contributed by atoms with Crippen LogP contribution in [0.25, 0.3) is 10.8 Å². The van der Waals surface area contributed by atoms with Crippen LogP contribution in [0.1, 0.15) is 27.9 Å². The van der Waals surface area contributed by atoms with Crippen LogP contribution < -0.4 is 15.8 Å². The van der Waals surface area contributed by atoms with Gasteiger partial charge in [0.1, 0.15) is 31.6 Å². The van der Waals surface area contributed by atoms with Gasteiger partial charge in [-0.1, -0.05) is 104 Å². The lowest BCUT2D eigenvalue weighted by Gasteiger charge is -2.20. The fourth-order valence-electron chi connectivity index (χ4n) is 4.41. The molecule has 4 rings (SSSR count). The summed E-state index contributed by atoms with van der Waals surface area (Å²) in [4.78, 5) is 39.4. The highest BCUT2D eigenvalue weighted by Crippen LogP contribution is 2.29. The van der Waals surface area contributed by atoms with E-state index >= 15 is 0 Å². The average molecular weight is 603 g/mol. The van der Waals surface area contributed by atoms with Crippen molar-refractivity contribution in [1.82, 2.24) is 5.32 Å². The number of esters is 2. The molecule has 4 aromatic rings. The van der Waals surface area contributed by atoms with E-state index < -0.39 is 30.3 Å². The SMILES string of the molecule is C=CCOC(=O)C[C@H](NC(=O)c1c(OC[C@H](N)Cc2ccccc2)ccc2ccccc12)C(=O)OCc1ccccc1.Cl. The van der Waals surface area contributed by atoms with E-state index in [4.69, 9.17) is 19.9 Å². The molecule has 4 aromatic carbocycles. The molecule has 0 aliphatic carbocycles. The number of nitrogens with two attached hydrogens (primary N) is 1. The number of ether oxygens (including phenoxy) is 3. The van der Waals surface area contributed by atoms with Crippen molar-refractivity contribution in [3.05, 3.63) is 126 Å². The number of nitrogens with one attached hydrogen (secondary N) is 1. The van der Waals surface area contributed by atoms with E-state index in [1.165, 1.54) is 6.08 Å². The monoisotopic (exact) mass is 602 g/mol. The van der Waals surface area contributed by atoms with Crippen LogP contribution in [0.2, 0.25) is 0 Å². The number of carbonyl (C=O) groups excluding carboxylic acids is 3. The summed E-state index contributed by atoms with van der Waals surface area (Å²) in [5, 5.41) is 4.11. The molecule has 8 nitrogen and oxygen atoms in total. The van der Waals surface area contributed by atoms with Crippen molar-refractivity contribution < 1.29 is 28.6 Å². The Kier molecular flexibility index (Phi) is 12.8. The molecular formula is C34H35ClN2O6. The van der Waals surface area contributed by atoms with Gasteiger partial charge in [-0.25, -0.2) is 4.79 Å². The molecule has 0 saturated carbocycles. The van der Waals surface area contributed by atoms with Crippen molar-refractivity contribution in [3.63, 3.8) is 0 Å². The van der Waals surface area contributed by atoms with Crippen LogP contribution in [0.15, 0.2) is 110 Å². The summed E-state index contributed by atoms with van der Waals surface area (Å²) in [6.45, 7) is 3.64. The van der Waals surface area contributed by atoms with Crippen LogP contribution >= 0.6 is 12.4 Å². The third kappa shape index (κ3) is 9.70. The lowest BCUT2D eigenvalue weighted by atomic mass is 10.0. The van der Waals surface area contributed by atoms with Gasteiger partial charge in [0.25, 0.3) is 5.91 Å². The number of hydrogen-bond acceptors (Lipinski definition) is 7. The van der Waals surface area contributed by atoms with Crippen LogP contribution in [0.3, 0.4) is 0 Å². The highest BCUT2D eigenvalue weighted by atomic mass is 35.5. The van der Waals surface area contributed by atoms with Crippen LogP contribution in [-0.4, -0.2) is 43.1 Å². The lowest BCUT2D eigenvalue weighted by molar-refractivity contribution is -0.152. The van der Waals surface area contributed by atoms with Crippen LogP contribution in [0.4, 0.5) is 0 Å². The van der Waals surface area contributed by atoms with E-state index in [2.05, 4.69) is 11.9 Å². The third-order valence-electron chi connectivity index (χ3n) is 6.46. The second-order valence-corrected chi connectivity index (χ2v) is 9.72. The van der Waals surface area contributed by atoms with Gasteiger partial charge in [-0.2, -0.15) is 0 Å². The topological polar surface area (TPSA) is 117 Å². The molecule has 2 atom stereocenters. The number of fused-ring (bicyclic) bond motifs is 1. The molecule has 3 N–H and O–H groups in total. The Morgan fingerprint density at radius 1 is 0.837 bits per heavy atom. The number of halogens is 1. The maximum absolute atomic E-state index is 13.8. The summed E-state index contributed by atoms with van der Waals surface area (Å²) >= 11 is 0. The molecule has 0 heterocycles. The number of benzene rings is 4. The summed E-state index contributed by atoms with van der Waals surface area (Å²) in [7, 11) is 0. The molecule has 0 fully saturated rings. The van der Waals surface area contributed by atoms with Crippen LogP contribution in [0.5, 0.6) is 5.75 Å². The Bertz CT molecular complexity index is 1510. The zero-order chi connectivity index (χ0) is 29.7. The van der Waals surface area contributed by atoms with Crippen molar-refractivity contribution in [2.24, 2.45) is 5.73 Å². The van der Waals surface area contributed by atoms with Gasteiger partial charge in [-0.3, -0.25) is 9.59 Å². The van der Waals surface area contributed by atoms with E-state index in [0.29, 0.717) is 17.6 Å². The van der Waals surface area contributed by atoms with Gasteiger partial charge in [0.2, 0.25) is 0 Å². The third-order valence-corrected chi connectivity index (χ3v) is 6.46. The fourth-order valence-corrected chi connectivity index (χ4v) is 4.41. The van der Waals surface area contributed by atoms with Crippen molar-refractivity contribution in [2.75, 3.05) is 13.2 Å². The molecule has 0 aromatic heterocycles. The molecule has 0 saturated heterocycles. The fraction of sp³-hybridized carbons (Fsp3) is 0.206. The molecular weight excluding hydrogens is 568 g/mol. The van der Waals surface area contributed by atoms with Gasteiger partial charge < -0.3 is 25.3 Å². The first-order valence-electron chi connectivity index (χ1n) is 13.7. The van der Waals surface area contributed by atoms with Crippen molar-refractivity contribution in [1.29, 1.82) is 0 Å². The highest BCUT2D eigenvalue weighted by molar-refractivity contribution is 6.10. The van der Waals surface area contributed by atoms with Crippen LogP contribution in [-0.2, 0) is 32.1 Å². The van der Waals surface area contributed by atoms with Crippen molar-refractivity contribution in [2.45, 2.75) is 31.5 Å². The molecule has 1 amide bonds. The first kappa shape index (κ1) is 32.8. The molecule has 0 bridgehead atoms. The maximum Gasteiger partial charge on any atom is 0.329 e. The van der Waals surface area contributed by atoms with Gasteiger partial charge in [0.05, 0.1) is 12.0 Å². The van der Waals surface area contributed by atoms with E-state index in [-0.39, 0.29) is 43.8 Å². The summed E-state index contributed by atoms with van der Waals surface area (Å²) in [5.41, 5.74) is 8.41. The Balaban J connectivity index is 0.00000506. The normalized spacial score (nSPS) is 11.8. The van der Waals surface area contributed by atoms with E-state index in [1.54, 1.807) is 24.3 Å². The molecule has 9 heteroatoms. The maximum atomic E-state index is 13.8. The zero-order valence-electron chi connectivity index (χ0n) is 23.6. The minimum atomic E-state index is -1.30. The van der Waals surface area contributed by atoms with Gasteiger partial charge in [0.15, 0.2) is 0 Å². The van der Waals surface area contributed by atoms with Crippen LogP contribution in [0, 0.1) is 0 Å². The first-order valence-corrected chi connectivity index (χ1v) is 13.7. The number of amides is 1. The lowest BCUT2D eigenvalue weighted by Crippen LogP contribution is -2.43. The quantitative estimate of drug-likeness (QED) is 0.151. The van der Waals surface area contributed by atoms with Gasteiger partial charge >= 0.3 is 11.9 Å². The largest absolute Gasteiger partial charge is 0.491 e. The molecule has 0 aliphatic rings. The Morgan fingerprint density at radius 2 is 1.49 bits per heavy atom. The summed E-state index contributed by atoms with van der Waals surface area (Å²) in [5.74, 6) is -1.74. The molecule has 43 heavy (non-hydrogen) atoms. The highest BCUT2D eigenvalue weighted by Gasteiger charge is 2.29. The second-order valence-electron chi connectivity index (χ2n) is 9.72. The molecule has 0 aliphatic heterocycles. The van der Waals surface area contributed by atoms with Gasteiger partial charge in [-0.15, -0.1) is 12.4 Å². The molecule has 0 unspecified atom stereocenters. The number of rotatable bonds is 14. The Hall–Kier alpha value is -4.66. The van der Waals surface area contributed by atoms with Gasteiger partial charge in [-0.05, 0) is 34.4 Å². The molecule has 0 spiro atoms. The van der Waals surface area contributed by atoms with Crippen molar-refractivity contribution in [3.8, 4) is 5.75 Å². The summed E-state index contributed by atoms with van der Waals surface area (Å²) < 4.78 is 16.6.